The van der Waals surface area contributed by atoms with Gasteiger partial charge in [0.15, 0.2) is 5.16 Å². The van der Waals surface area contributed by atoms with Crippen LogP contribution in [-0.4, -0.2) is 37.4 Å². The van der Waals surface area contributed by atoms with E-state index >= 15 is 0 Å². The van der Waals surface area contributed by atoms with Crippen molar-refractivity contribution in [2.45, 2.75) is 38.1 Å². The number of furan rings is 1. The second kappa shape index (κ2) is 8.71. The maximum atomic E-state index is 12.7. The van der Waals surface area contributed by atoms with Gasteiger partial charge in [-0.05, 0) is 31.5 Å². The molecule has 0 aliphatic carbocycles. The molecule has 26 heavy (non-hydrogen) atoms. The highest BCUT2D eigenvalue weighted by Gasteiger charge is 2.19. The molecule has 0 saturated heterocycles. The van der Waals surface area contributed by atoms with Gasteiger partial charge in [0.1, 0.15) is 12.1 Å². The van der Waals surface area contributed by atoms with Crippen molar-refractivity contribution in [2.75, 3.05) is 5.75 Å². The Bertz CT molecular complexity index is 815. The van der Waals surface area contributed by atoms with Crippen molar-refractivity contribution in [3.8, 4) is 0 Å². The van der Waals surface area contributed by atoms with Gasteiger partial charge in [-0.1, -0.05) is 42.1 Å². The minimum Gasteiger partial charge on any atom is -0.467 e. The van der Waals surface area contributed by atoms with Crippen molar-refractivity contribution < 1.29 is 9.21 Å². The normalized spacial score (nSPS) is 11.0. The maximum absolute atomic E-state index is 12.7. The number of hydrogen-bond acceptors (Lipinski definition) is 5. The number of thioether (sulfide) groups is 1. The van der Waals surface area contributed by atoms with Crippen molar-refractivity contribution in [2.24, 2.45) is 0 Å². The zero-order valence-electron chi connectivity index (χ0n) is 14.9. The summed E-state index contributed by atoms with van der Waals surface area (Å²) in [5.74, 6) is 1.23. The first-order valence-electron chi connectivity index (χ1n) is 8.50. The highest BCUT2D eigenvalue weighted by atomic mass is 32.2. The first-order valence-corrected chi connectivity index (χ1v) is 9.48. The zero-order valence-corrected chi connectivity index (χ0v) is 15.7. The van der Waals surface area contributed by atoms with Crippen LogP contribution < -0.4 is 0 Å². The average Bonchev–Trinajstić information content (AvgIpc) is 3.31. The van der Waals surface area contributed by atoms with Gasteiger partial charge in [-0.3, -0.25) is 4.79 Å². The number of carbonyl (C=O) groups is 1. The molecule has 1 aromatic carbocycles. The number of carbonyl (C=O) groups excluding carboxylic acids is 1. The Morgan fingerprint density at radius 2 is 2.04 bits per heavy atom. The summed E-state index contributed by atoms with van der Waals surface area (Å²) in [5.41, 5.74) is 1.13. The van der Waals surface area contributed by atoms with Crippen molar-refractivity contribution in [1.29, 1.82) is 0 Å². The monoisotopic (exact) mass is 370 g/mol. The van der Waals surface area contributed by atoms with Crippen LogP contribution in [0.15, 0.2) is 64.6 Å². The molecular formula is C19H22N4O2S. The lowest BCUT2D eigenvalue weighted by molar-refractivity contribution is -0.130. The predicted octanol–water partition coefficient (Wildman–Crippen LogP) is 3.45. The third kappa shape index (κ3) is 4.76. The lowest BCUT2D eigenvalue weighted by Gasteiger charge is -2.26. The second-order valence-corrected chi connectivity index (χ2v) is 7.15. The van der Waals surface area contributed by atoms with E-state index in [-0.39, 0.29) is 11.9 Å². The lowest BCUT2D eigenvalue weighted by atomic mass is 10.2. The summed E-state index contributed by atoms with van der Waals surface area (Å²) >= 11 is 1.40. The number of hydrogen-bond donors (Lipinski definition) is 0. The number of benzene rings is 1. The van der Waals surface area contributed by atoms with Gasteiger partial charge in [0.25, 0.3) is 0 Å². The number of nitrogens with zero attached hydrogens (tertiary/aromatic N) is 4. The highest BCUT2D eigenvalue weighted by Crippen LogP contribution is 2.18. The number of aromatic nitrogens is 3. The number of rotatable bonds is 8. The van der Waals surface area contributed by atoms with E-state index in [0.717, 1.165) is 11.3 Å². The Kier molecular flexibility index (Phi) is 6.12. The molecular weight excluding hydrogens is 348 g/mol. The zero-order chi connectivity index (χ0) is 18.4. The van der Waals surface area contributed by atoms with E-state index in [1.54, 1.807) is 12.6 Å². The lowest BCUT2D eigenvalue weighted by Crippen LogP contribution is -2.37. The Balaban J connectivity index is 1.61. The molecule has 6 nitrogen and oxygen atoms in total. The van der Waals surface area contributed by atoms with Gasteiger partial charge in [-0.15, -0.1) is 10.2 Å². The minimum absolute atomic E-state index is 0.0846. The van der Waals surface area contributed by atoms with E-state index in [2.05, 4.69) is 10.2 Å². The van der Waals surface area contributed by atoms with E-state index in [9.17, 15) is 4.79 Å². The molecule has 0 spiro atoms. The molecule has 0 unspecified atom stereocenters. The third-order valence-electron chi connectivity index (χ3n) is 3.95. The summed E-state index contributed by atoms with van der Waals surface area (Å²) in [7, 11) is 0. The average molecular weight is 370 g/mol. The Morgan fingerprint density at radius 3 is 2.73 bits per heavy atom. The van der Waals surface area contributed by atoms with E-state index in [0.29, 0.717) is 24.0 Å². The molecule has 0 atom stereocenters. The van der Waals surface area contributed by atoms with Crippen LogP contribution in [0.3, 0.4) is 0 Å². The topological polar surface area (TPSA) is 64.2 Å². The van der Waals surface area contributed by atoms with Crippen LogP contribution in [0.2, 0.25) is 0 Å². The molecule has 1 amide bonds. The summed E-state index contributed by atoms with van der Waals surface area (Å²) in [6.07, 6.45) is 3.29. The van der Waals surface area contributed by atoms with Crippen LogP contribution in [0.1, 0.15) is 25.2 Å². The van der Waals surface area contributed by atoms with Gasteiger partial charge < -0.3 is 13.9 Å². The summed E-state index contributed by atoms with van der Waals surface area (Å²) in [6, 6.07) is 13.9. The van der Waals surface area contributed by atoms with Crippen LogP contribution in [0, 0.1) is 0 Å². The van der Waals surface area contributed by atoms with E-state index in [1.807, 2.05) is 65.8 Å². The molecule has 136 valence electrons. The van der Waals surface area contributed by atoms with Gasteiger partial charge in [-0.2, -0.15) is 0 Å². The molecule has 0 fully saturated rings. The van der Waals surface area contributed by atoms with Crippen LogP contribution in [0.5, 0.6) is 0 Å². The minimum atomic E-state index is 0.0846. The second-order valence-electron chi connectivity index (χ2n) is 6.21. The third-order valence-corrected chi connectivity index (χ3v) is 4.92. The first-order chi connectivity index (χ1) is 12.6. The molecule has 2 heterocycles. The largest absolute Gasteiger partial charge is 0.467 e. The van der Waals surface area contributed by atoms with Crippen LogP contribution in [0.25, 0.3) is 0 Å². The molecule has 3 aromatic rings. The van der Waals surface area contributed by atoms with Gasteiger partial charge >= 0.3 is 0 Å². The van der Waals surface area contributed by atoms with Crippen LogP contribution >= 0.6 is 11.8 Å². The molecule has 2 aromatic heterocycles. The smallest absolute Gasteiger partial charge is 0.233 e. The van der Waals surface area contributed by atoms with Gasteiger partial charge in [0, 0.05) is 12.6 Å². The quantitative estimate of drug-likeness (QED) is 0.568. The molecule has 0 bridgehead atoms. The van der Waals surface area contributed by atoms with E-state index < -0.39 is 0 Å². The van der Waals surface area contributed by atoms with Gasteiger partial charge in [0.05, 0.1) is 18.6 Å². The van der Waals surface area contributed by atoms with Crippen molar-refractivity contribution in [3.63, 3.8) is 0 Å². The van der Waals surface area contributed by atoms with Crippen LogP contribution in [0.4, 0.5) is 0 Å². The standard InChI is InChI=1S/C19H22N4O2S/c1-15(2)23(11-16-7-4-3-5-8-16)18(24)13-26-19-21-20-14-22(19)12-17-9-6-10-25-17/h3-10,14-15H,11-13H2,1-2H3. The molecule has 3 rings (SSSR count). The fourth-order valence-electron chi connectivity index (χ4n) is 2.58. The molecule has 0 N–H and O–H groups in total. The highest BCUT2D eigenvalue weighted by molar-refractivity contribution is 7.99. The Labute approximate surface area is 157 Å². The van der Waals surface area contributed by atoms with Gasteiger partial charge in [-0.25, -0.2) is 0 Å². The summed E-state index contributed by atoms with van der Waals surface area (Å²) in [4.78, 5) is 14.6. The summed E-state index contributed by atoms with van der Waals surface area (Å²) < 4.78 is 7.25. The Morgan fingerprint density at radius 1 is 1.23 bits per heavy atom. The van der Waals surface area contributed by atoms with Crippen molar-refractivity contribution in [1.82, 2.24) is 19.7 Å². The van der Waals surface area contributed by atoms with Crippen molar-refractivity contribution >= 4 is 17.7 Å². The molecule has 0 saturated carbocycles. The fourth-order valence-corrected chi connectivity index (χ4v) is 3.38. The molecule has 7 heteroatoms. The summed E-state index contributed by atoms with van der Waals surface area (Å²) in [6.45, 7) is 5.22. The molecule has 0 aliphatic heterocycles. The maximum Gasteiger partial charge on any atom is 0.233 e. The summed E-state index contributed by atoms with van der Waals surface area (Å²) in [5, 5.41) is 8.78. The fraction of sp³-hybridized carbons (Fsp3) is 0.316. The van der Waals surface area contributed by atoms with Gasteiger partial charge in [0.2, 0.25) is 5.91 Å². The molecule has 0 radical (unpaired) electrons. The SMILES string of the molecule is CC(C)N(Cc1ccccc1)C(=O)CSc1nncn1Cc1ccco1. The first kappa shape index (κ1) is 18.3. The van der Waals surface area contributed by atoms with Crippen LogP contribution in [-0.2, 0) is 17.9 Å². The van der Waals surface area contributed by atoms with E-state index in [4.69, 9.17) is 4.42 Å². The Hall–Kier alpha value is -2.54. The van der Waals surface area contributed by atoms with E-state index in [1.165, 1.54) is 11.8 Å². The number of amides is 1. The molecule has 0 aliphatic rings. The van der Waals surface area contributed by atoms with Crippen molar-refractivity contribution in [3.05, 3.63) is 66.4 Å². The predicted molar refractivity (Wildman–Crippen MR) is 101 cm³/mol.